The van der Waals surface area contributed by atoms with Crippen molar-refractivity contribution in [3.8, 4) is 0 Å². The molecule has 0 amide bonds. The smallest absolute Gasteiger partial charge is 0.135 e. The lowest BCUT2D eigenvalue weighted by molar-refractivity contribution is 0.288. The molecule has 0 unspecified atom stereocenters. The van der Waals surface area contributed by atoms with E-state index in [0.29, 0.717) is 6.04 Å². The maximum absolute atomic E-state index is 8.98. The quantitative estimate of drug-likeness (QED) is 0.841. The summed E-state index contributed by atoms with van der Waals surface area (Å²) in [6.07, 6.45) is 5.82. The van der Waals surface area contributed by atoms with Gasteiger partial charge in [0, 0.05) is 30.5 Å². The lowest BCUT2D eigenvalue weighted by Gasteiger charge is -2.29. The first-order valence-corrected chi connectivity index (χ1v) is 6.44. The van der Waals surface area contributed by atoms with Crippen LogP contribution in [0.15, 0.2) is 6.33 Å². The summed E-state index contributed by atoms with van der Waals surface area (Å²) < 4.78 is 0. The summed E-state index contributed by atoms with van der Waals surface area (Å²) in [5, 5.41) is 8.98. The van der Waals surface area contributed by atoms with Gasteiger partial charge in [-0.25, -0.2) is 9.97 Å². The molecule has 1 aromatic heterocycles. The number of aliphatic hydroxyl groups is 1. The van der Waals surface area contributed by atoms with Crippen LogP contribution < -0.4 is 4.90 Å². The Balaban J connectivity index is 2.26. The maximum Gasteiger partial charge on any atom is 0.135 e. The van der Waals surface area contributed by atoms with Crippen LogP contribution in [0.3, 0.4) is 0 Å². The van der Waals surface area contributed by atoms with E-state index in [4.69, 9.17) is 5.11 Å². The third kappa shape index (κ3) is 2.57. The molecule has 0 saturated heterocycles. The topological polar surface area (TPSA) is 49.2 Å². The van der Waals surface area contributed by atoms with Crippen molar-refractivity contribution in [2.75, 3.05) is 18.1 Å². The van der Waals surface area contributed by atoms with Gasteiger partial charge in [-0.2, -0.15) is 0 Å². The highest BCUT2D eigenvalue weighted by Crippen LogP contribution is 2.28. The molecule has 94 valence electrons. The number of anilines is 1. The molecular weight excluding hydrogens is 214 g/mol. The number of rotatable bonds is 5. The van der Waals surface area contributed by atoms with Crippen LogP contribution in [0, 0.1) is 0 Å². The zero-order chi connectivity index (χ0) is 12.3. The standard InChI is InChI=1S/C13H21N3O/c1-10(2)16(7-4-8-17)13-11-5-3-6-12(11)14-9-15-13/h9-10,17H,3-8H2,1-2H3. The molecule has 1 aromatic rings. The Labute approximate surface area is 103 Å². The Morgan fingerprint density at radius 3 is 2.88 bits per heavy atom. The number of fused-ring (bicyclic) bond motifs is 1. The third-order valence-electron chi connectivity index (χ3n) is 3.30. The van der Waals surface area contributed by atoms with Gasteiger partial charge < -0.3 is 10.0 Å². The minimum Gasteiger partial charge on any atom is -0.396 e. The minimum atomic E-state index is 0.233. The van der Waals surface area contributed by atoms with E-state index in [1.165, 1.54) is 17.7 Å². The lowest BCUT2D eigenvalue weighted by atomic mass is 10.2. The fraction of sp³-hybridized carbons (Fsp3) is 0.692. The molecule has 0 atom stereocenters. The molecule has 1 N–H and O–H groups in total. The normalized spacial score (nSPS) is 14.1. The van der Waals surface area contributed by atoms with Crippen molar-refractivity contribution in [2.24, 2.45) is 0 Å². The molecule has 0 saturated carbocycles. The predicted molar refractivity (Wildman–Crippen MR) is 68.2 cm³/mol. The van der Waals surface area contributed by atoms with Gasteiger partial charge in [0.15, 0.2) is 0 Å². The molecule has 0 bridgehead atoms. The monoisotopic (exact) mass is 235 g/mol. The van der Waals surface area contributed by atoms with Gasteiger partial charge in [0.05, 0.1) is 0 Å². The summed E-state index contributed by atoms with van der Waals surface area (Å²) >= 11 is 0. The fourth-order valence-corrected chi connectivity index (χ4v) is 2.44. The number of nitrogens with zero attached hydrogens (tertiary/aromatic N) is 3. The number of hydrogen-bond acceptors (Lipinski definition) is 4. The van der Waals surface area contributed by atoms with Gasteiger partial charge in [-0.3, -0.25) is 0 Å². The molecule has 0 fully saturated rings. The summed E-state index contributed by atoms with van der Waals surface area (Å²) in [5.41, 5.74) is 2.53. The lowest BCUT2D eigenvalue weighted by Crippen LogP contribution is -2.34. The van der Waals surface area contributed by atoms with Crippen LogP contribution in [-0.4, -0.2) is 34.3 Å². The Bertz CT molecular complexity index is 379. The van der Waals surface area contributed by atoms with Crippen molar-refractivity contribution in [1.29, 1.82) is 0 Å². The van der Waals surface area contributed by atoms with E-state index in [-0.39, 0.29) is 6.61 Å². The van der Waals surface area contributed by atoms with Gasteiger partial charge in [-0.05, 0) is 39.5 Å². The van der Waals surface area contributed by atoms with Crippen molar-refractivity contribution >= 4 is 5.82 Å². The minimum absolute atomic E-state index is 0.233. The van der Waals surface area contributed by atoms with Gasteiger partial charge in [-0.1, -0.05) is 0 Å². The molecular formula is C13H21N3O. The molecule has 2 rings (SSSR count). The van der Waals surface area contributed by atoms with Crippen LogP contribution in [0.2, 0.25) is 0 Å². The van der Waals surface area contributed by atoms with Crippen molar-refractivity contribution in [1.82, 2.24) is 9.97 Å². The predicted octanol–water partition coefficient (Wildman–Crippen LogP) is 1.56. The molecule has 0 spiro atoms. The first kappa shape index (κ1) is 12.3. The molecule has 17 heavy (non-hydrogen) atoms. The van der Waals surface area contributed by atoms with Crippen LogP contribution in [0.25, 0.3) is 0 Å². The molecule has 4 nitrogen and oxygen atoms in total. The Morgan fingerprint density at radius 1 is 1.35 bits per heavy atom. The van der Waals surface area contributed by atoms with Gasteiger partial charge in [0.2, 0.25) is 0 Å². The zero-order valence-corrected chi connectivity index (χ0v) is 10.7. The zero-order valence-electron chi connectivity index (χ0n) is 10.7. The number of aryl methyl sites for hydroxylation is 1. The Morgan fingerprint density at radius 2 is 2.18 bits per heavy atom. The SMILES string of the molecule is CC(C)N(CCCO)c1ncnc2c1CCC2. The molecule has 1 heterocycles. The highest BCUT2D eigenvalue weighted by Gasteiger charge is 2.22. The number of aromatic nitrogens is 2. The van der Waals surface area contributed by atoms with E-state index < -0.39 is 0 Å². The van der Waals surface area contributed by atoms with Crippen LogP contribution >= 0.6 is 0 Å². The summed E-state index contributed by atoms with van der Waals surface area (Å²) in [6, 6.07) is 0.404. The second kappa shape index (κ2) is 5.45. The Hall–Kier alpha value is -1.16. The number of hydrogen-bond donors (Lipinski definition) is 1. The maximum atomic E-state index is 8.98. The van der Waals surface area contributed by atoms with Crippen LogP contribution in [0.4, 0.5) is 5.82 Å². The van der Waals surface area contributed by atoms with Crippen molar-refractivity contribution < 1.29 is 5.11 Å². The van der Waals surface area contributed by atoms with Crippen LogP contribution in [0.1, 0.15) is 37.9 Å². The largest absolute Gasteiger partial charge is 0.396 e. The Kier molecular flexibility index (Phi) is 3.94. The molecule has 0 radical (unpaired) electrons. The third-order valence-corrected chi connectivity index (χ3v) is 3.30. The first-order chi connectivity index (χ1) is 8.24. The fourth-order valence-electron chi connectivity index (χ4n) is 2.44. The van der Waals surface area contributed by atoms with Crippen LogP contribution in [-0.2, 0) is 12.8 Å². The summed E-state index contributed by atoms with van der Waals surface area (Å²) in [5.74, 6) is 1.08. The average molecular weight is 235 g/mol. The van der Waals surface area contributed by atoms with Gasteiger partial charge in [-0.15, -0.1) is 0 Å². The van der Waals surface area contributed by atoms with E-state index >= 15 is 0 Å². The highest BCUT2D eigenvalue weighted by atomic mass is 16.3. The van der Waals surface area contributed by atoms with E-state index in [1.54, 1.807) is 6.33 Å². The molecule has 4 heteroatoms. The number of aliphatic hydroxyl groups excluding tert-OH is 1. The molecule has 1 aliphatic rings. The van der Waals surface area contributed by atoms with E-state index in [2.05, 4.69) is 28.7 Å². The highest BCUT2D eigenvalue weighted by molar-refractivity contribution is 5.51. The summed E-state index contributed by atoms with van der Waals surface area (Å²) in [4.78, 5) is 11.1. The summed E-state index contributed by atoms with van der Waals surface area (Å²) in [6.45, 7) is 5.43. The average Bonchev–Trinajstić information content (AvgIpc) is 2.77. The van der Waals surface area contributed by atoms with Crippen molar-refractivity contribution in [3.05, 3.63) is 17.6 Å². The van der Waals surface area contributed by atoms with E-state index in [1.807, 2.05) is 0 Å². The summed E-state index contributed by atoms with van der Waals surface area (Å²) in [7, 11) is 0. The van der Waals surface area contributed by atoms with Gasteiger partial charge in [0.25, 0.3) is 0 Å². The van der Waals surface area contributed by atoms with E-state index in [0.717, 1.165) is 31.6 Å². The molecule has 0 aliphatic heterocycles. The van der Waals surface area contributed by atoms with Gasteiger partial charge >= 0.3 is 0 Å². The molecule has 0 aromatic carbocycles. The van der Waals surface area contributed by atoms with E-state index in [9.17, 15) is 0 Å². The van der Waals surface area contributed by atoms with Gasteiger partial charge in [0.1, 0.15) is 12.1 Å². The second-order valence-electron chi connectivity index (χ2n) is 4.84. The van der Waals surface area contributed by atoms with Crippen molar-refractivity contribution in [3.63, 3.8) is 0 Å². The van der Waals surface area contributed by atoms with Crippen LogP contribution in [0.5, 0.6) is 0 Å². The molecule has 1 aliphatic carbocycles. The first-order valence-electron chi connectivity index (χ1n) is 6.44. The second-order valence-corrected chi connectivity index (χ2v) is 4.84. The van der Waals surface area contributed by atoms with Crippen molar-refractivity contribution in [2.45, 2.75) is 45.6 Å².